The average Bonchev–Trinajstić information content (AvgIpc) is 3.18. The molecule has 0 aliphatic heterocycles. The third kappa shape index (κ3) is 4.50. The van der Waals surface area contributed by atoms with E-state index in [4.69, 9.17) is 14.5 Å². The number of benzene rings is 2. The van der Waals surface area contributed by atoms with Crippen molar-refractivity contribution in [3.63, 3.8) is 0 Å². The number of rotatable bonds is 6. The summed E-state index contributed by atoms with van der Waals surface area (Å²) in [5.74, 6) is 2.00. The molecule has 0 bridgehead atoms. The number of nitrogens with zero attached hydrogens (tertiary/aromatic N) is 2. The molecule has 0 radical (unpaired) electrons. The second kappa shape index (κ2) is 8.95. The fourth-order valence-electron chi connectivity index (χ4n) is 3.22. The number of hydrogen-bond acceptors (Lipinski definition) is 7. The van der Waals surface area contributed by atoms with Crippen LogP contribution in [-0.2, 0) is 4.79 Å². The van der Waals surface area contributed by atoms with E-state index in [2.05, 4.69) is 15.7 Å². The number of thiophene rings is 1. The van der Waals surface area contributed by atoms with Gasteiger partial charge in [0.05, 0.1) is 19.6 Å². The first-order valence-electron chi connectivity index (χ1n) is 9.52. The van der Waals surface area contributed by atoms with Crippen LogP contribution in [-0.4, -0.2) is 30.1 Å². The molecule has 0 saturated carbocycles. The number of nitrogens with one attached hydrogen (secondary N) is 1. The van der Waals surface area contributed by atoms with Crippen molar-refractivity contribution in [3.05, 3.63) is 53.7 Å². The van der Waals surface area contributed by atoms with Gasteiger partial charge in [-0.2, -0.15) is 0 Å². The van der Waals surface area contributed by atoms with Gasteiger partial charge in [0.15, 0.2) is 11.5 Å². The third-order valence-electron chi connectivity index (χ3n) is 4.60. The number of carbonyl (C=O) groups is 1. The number of carbonyl (C=O) groups excluding carboxylic acids is 1. The number of aromatic nitrogens is 2. The Morgan fingerprint density at radius 3 is 2.45 bits per heavy atom. The van der Waals surface area contributed by atoms with Crippen LogP contribution < -0.4 is 14.8 Å². The molecule has 158 valence electrons. The summed E-state index contributed by atoms with van der Waals surface area (Å²) in [5, 5.41) is 6.79. The molecule has 4 rings (SSSR count). The second-order valence-corrected chi connectivity index (χ2v) is 8.70. The van der Waals surface area contributed by atoms with Gasteiger partial charge in [-0.3, -0.25) is 4.79 Å². The molecule has 0 aliphatic carbocycles. The molecule has 6 nitrogen and oxygen atoms in total. The van der Waals surface area contributed by atoms with E-state index in [0.29, 0.717) is 11.5 Å². The normalized spacial score (nSPS) is 10.8. The number of hydrogen-bond donors (Lipinski definition) is 1. The first-order chi connectivity index (χ1) is 15.0. The molecule has 0 atom stereocenters. The van der Waals surface area contributed by atoms with Crippen molar-refractivity contribution in [2.45, 2.75) is 23.8 Å². The number of amides is 1. The average molecular weight is 452 g/mol. The van der Waals surface area contributed by atoms with Crippen LogP contribution in [0.25, 0.3) is 21.3 Å². The molecule has 4 aromatic rings. The van der Waals surface area contributed by atoms with Gasteiger partial charge in [0.2, 0.25) is 5.91 Å². The summed E-state index contributed by atoms with van der Waals surface area (Å²) >= 11 is 3.17. The molecule has 31 heavy (non-hydrogen) atoms. The molecule has 0 fully saturated rings. The lowest BCUT2D eigenvalue weighted by Crippen LogP contribution is -2.05. The quantitative estimate of drug-likeness (QED) is 0.374. The zero-order valence-corrected chi connectivity index (χ0v) is 19.2. The minimum Gasteiger partial charge on any atom is -0.493 e. The zero-order valence-electron chi connectivity index (χ0n) is 17.6. The summed E-state index contributed by atoms with van der Waals surface area (Å²) in [6.45, 7) is 3.40. The van der Waals surface area contributed by atoms with Gasteiger partial charge in [-0.05, 0) is 48.9 Å². The van der Waals surface area contributed by atoms with Crippen LogP contribution in [0.15, 0.2) is 57.8 Å². The highest BCUT2D eigenvalue weighted by Gasteiger charge is 2.17. The molecule has 0 spiro atoms. The van der Waals surface area contributed by atoms with E-state index < -0.39 is 0 Å². The van der Waals surface area contributed by atoms with Crippen LogP contribution in [0, 0.1) is 6.92 Å². The Hall–Kier alpha value is -3.10. The molecular weight excluding hydrogens is 430 g/mol. The van der Waals surface area contributed by atoms with E-state index in [-0.39, 0.29) is 5.91 Å². The number of aryl methyl sites for hydroxylation is 1. The lowest BCUT2D eigenvalue weighted by molar-refractivity contribution is -0.114. The summed E-state index contributed by atoms with van der Waals surface area (Å²) in [4.78, 5) is 22.6. The summed E-state index contributed by atoms with van der Waals surface area (Å²) in [6.07, 6.45) is 0. The molecule has 0 unspecified atom stereocenters. The molecule has 8 heteroatoms. The van der Waals surface area contributed by atoms with Crippen molar-refractivity contribution in [1.82, 2.24) is 9.97 Å². The van der Waals surface area contributed by atoms with Crippen LogP contribution >= 0.6 is 23.1 Å². The summed E-state index contributed by atoms with van der Waals surface area (Å²) in [7, 11) is 3.26. The van der Waals surface area contributed by atoms with E-state index >= 15 is 0 Å². The molecule has 1 N–H and O–H groups in total. The van der Waals surface area contributed by atoms with Crippen LogP contribution in [0.1, 0.15) is 12.7 Å². The van der Waals surface area contributed by atoms with Gasteiger partial charge in [0, 0.05) is 28.5 Å². The highest BCUT2D eigenvalue weighted by molar-refractivity contribution is 7.99. The van der Waals surface area contributed by atoms with Crippen molar-refractivity contribution in [1.29, 1.82) is 0 Å². The highest BCUT2D eigenvalue weighted by Crippen LogP contribution is 2.42. The number of methoxy groups -OCH3 is 2. The van der Waals surface area contributed by atoms with Crippen LogP contribution in [0.5, 0.6) is 11.5 Å². The van der Waals surface area contributed by atoms with E-state index in [1.165, 1.54) is 6.92 Å². The Labute approximate surface area is 188 Å². The summed E-state index contributed by atoms with van der Waals surface area (Å²) < 4.78 is 10.9. The first-order valence-corrected chi connectivity index (χ1v) is 11.2. The maximum atomic E-state index is 11.3. The predicted octanol–water partition coefficient (Wildman–Crippen LogP) is 5.79. The standard InChI is InChI=1S/C23H21N3O3S2/c1-13-24-22-21(18(12-30-22)15-5-10-19(28-3)20(11-15)29-4)23(25-13)31-17-8-6-16(7-9-17)26-14(2)27/h5-12H,1-4H3,(H,26,27). The van der Waals surface area contributed by atoms with E-state index in [0.717, 1.165) is 42.8 Å². The van der Waals surface area contributed by atoms with E-state index in [9.17, 15) is 4.79 Å². The zero-order chi connectivity index (χ0) is 22.0. The van der Waals surface area contributed by atoms with Crippen LogP contribution in [0.4, 0.5) is 5.69 Å². The van der Waals surface area contributed by atoms with Crippen LogP contribution in [0.2, 0.25) is 0 Å². The summed E-state index contributed by atoms with van der Waals surface area (Å²) in [5.41, 5.74) is 2.83. The van der Waals surface area contributed by atoms with Gasteiger partial charge in [0.25, 0.3) is 0 Å². The molecule has 0 aliphatic rings. The smallest absolute Gasteiger partial charge is 0.221 e. The van der Waals surface area contributed by atoms with Gasteiger partial charge in [-0.15, -0.1) is 11.3 Å². The van der Waals surface area contributed by atoms with Crippen molar-refractivity contribution < 1.29 is 14.3 Å². The number of ether oxygens (including phenoxy) is 2. The minimum absolute atomic E-state index is 0.0913. The van der Waals surface area contributed by atoms with E-state index in [1.54, 1.807) is 37.3 Å². The van der Waals surface area contributed by atoms with Crippen molar-refractivity contribution in [2.75, 3.05) is 19.5 Å². The minimum atomic E-state index is -0.0913. The lowest BCUT2D eigenvalue weighted by atomic mass is 10.1. The van der Waals surface area contributed by atoms with Gasteiger partial charge in [-0.25, -0.2) is 9.97 Å². The molecule has 2 aromatic heterocycles. The number of anilines is 1. The SMILES string of the molecule is COc1ccc(-c2csc3nc(C)nc(Sc4ccc(NC(C)=O)cc4)c23)cc1OC. The van der Waals surface area contributed by atoms with Gasteiger partial charge in [0.1, 0.15) is 15.7 Å². The highest BCUT2D eigenvalue weighted by atomic mass is 32.2. The van der Waals surface area contributed by atoms with Crippen LogP contribution in [0.3, 0.4) is 0 Å². The van der Waals surface area contributed by atoms with Gasteiger partial charge in [-0.1, -0.05) is 17.8 Å². The number of fused-ring (bicyclic) bond motifs is 1. The molecular formula is C23H21N3O3S2. The second-order valence-electron chi connectivity index (χ2n) is 6.78. The maximum absolute atomic E-state index is 11.3. The Bertz CT molecular complexity index is 1250. The van der Waals surface area contributed by atoms with Crippen molar-refractivity contribution >= 4 is 44.9 Å². The lowest BCUT2D eigenvalue weighted by Gasteiger charge is -2.11. The third-order valence-corrected chi connectivity index (χ3v) is 6.46. The molecule has 1 amide bonds. The Morgan fingerprint density at radius 1 is 1.03 bits per heavy atom. The topological polar surface area (TPSA) is 73.3 Å². The maximum Gasteiger partial charge on any atom is 0.221 e. The fourth-order valence-corrected chi connectivity index (χ4v) is 5.26. The van der Waals surface area contributed by atoms with Gasteiger partial charge < -0.3 is 14.8 Å². The monoisotopic (exact) mass is 451 g/mol. The first kappa shape index (κ1) is 21.1. The van der Waals surface area contributed by atoms with Crippen molar-refractivity contribution in [2.24, 2.45) is 0 Å². The Morgan fingerprint density at radius 2 is 1.77 bits per heavy atom. The fraction of sp³-hybridized carbons (Fsp3) is 0.174. The van der Waals surface area contributed by atoms with Gasteiger partial charge >= 0.3 is 0 Å². The van der Waals surface area contributed by atoms with Crippen molar-refractivity contribution in [3.8, 4) is 22.6 Å². The molecule has 0 saturated heterocycles. The predicted molar refractivity (Wildman–Crippen MR) is 126 cm³/mol. The Balaban J connectivity index is 1.76. The molecule has 2 heterocycles. The largest absolute Gasteiger partial charge is 0.493 e. The summed E-state index contributed by atoms with van der Waals surface area (Å²) in [6, 6.07) is 13.6. The molecule has 2 aromatic carbocycles. The van der Waals surface area contributed by atoms with E-state index in [1.807, 2.05) is 49.4 Å². The Kier molecular flexibility index (Phi) is 6.11.